The number of hydrogen-bond donors (Lipinski definition) is 0. The Morgan fingerprint density at radius 3 is 2.29 bits per heavy atom. The van der Waals surface area contributed by atoms with Crippen LogP contribution >= 0.6 is 0 Å². The molecule has 2 saturated heterocycles. The van der Waals surface area contributed by atoms with Gasteiger partial charge in [0.2, 0.25) is 0 Å². The van der Waals surface area contributed by atoms with E-state index in [1.807, 2.05) is 12.1 Å². The third kappa shape index (κ3) is 3.43. The molecule has 0 unspecified atom stereocenters. The summed E-state index contributed by atoms with van der Waals surface area (Å²) >= 11 is 0. The van der Waals surface area contributed by atoms with Crippen molar-refractivity contribution in [2.45, 2.75) is 56.7 Å². The second-order valence-electron chi connectivity index (χ2n) is 7.62. The van der Waals surface area contributed by atoms with Crippen LogP contribution in [0.4, 0.5) is 4.39 Å². The van der Waals surface area contributed by atoms with Crippen molar-refractivity contribution < 1.29 is 9.13 Å². The fourth-order valence-electron chi connectivity index (χ4n) is 4.17. The summed E-state index contributed by atoms with van der Waals surface area (Å²) in [6.45, 7) is 3.48. The minimum Gasteiger partial charge on any atom is -0.381 e. The zero-order valence-electron chi connectivity index (χ0n) is 14.5. The monoisotopic (exact) mass is 329 g/mol. The molecule has 24 heavy (non-hydrogen) atoms. The molecule has 3 fully saturated rings. The lowest BCUT2D eigenvalue weighted by Crippen LogP contribution is -2.43. The van der Waals surface area contributed by atoms with Crippen molar-refractivity contribution >= 4 is 6.08 Å². The highest BCUT2D eigenvalue weighted by molar-refractivity contribution is 5.54. The summed E-state index contributed by atoms with van der Waals surface area (Å²) in [7, 11) is 0. The number of piperidine rings is 1. The van der Waals surface area contributed by atoms with Crippen molar-refractivity contribution in [3.63, 3.8) is 0 Å². The van der Waals surface area contributed by atoms with E-state index in [1.54, 1.807) is 5.57 Å². The second kappa shape index (κ2) is 6.97. The number of halogens is 1. The number of benzene rings is 1. The highest BCUT2D eigenvalue weighted by Crippen LogP contribution is 2.36. The Hall–Kier alpha value is -1.19. The van der Waals surface area contributed by atoms with E-state index >= 15 is 0 Å². The minimum absolute atomic E-state index is 0.477. The average Bonchev–Trinajstić information content (AvgIpc) is 2.56. The fourth-order valence-corrected chi connectivity index (χ4v) is 4.17. The highest BCUT2D eigenvalue weighted by atomic mass is 19.1. The number of ether oxygens (including phenoxy) is 1. The van der Waals surface area contributed by atoms with Gasteiger partial charge in [-0.3, -0.25) is 4.90 Å². The lowest BCUT2D eigenvalue weighted by atomic mass is 9.87. The lowest BCUT2D eigenvalue weighted by Gasteiger charge is -2.40. The molecule has 1 saturated carbocycles. The van der Waals surface area contributed by atoms with Crippen molar-refractivity contribution in [3.8, 4) is 0 Å². The number of likely N-dealkylation sites (tertiary alicyclic amines) is 1. The molecule has 2 heterocycles. The van der Waals surface area contributed by atoms with Gasteiger partial charge in [-0.25, -0.2) is 4.39 Å². The zero-order valence-corrected chi connectivity index (χ0v) is 14.5. The van der Waals surface area contributed by atoms with Crippen molar-refractivity contribution in [3.05, 3.63) is 41.0 Å². The molecule has 3 aliphatic rings. The van der Waals surface area contributed by atoms with Crippen LogP contribution in [-0.4, -0.2) is 37.2 Å². The predicted molar refractivity (Wildman–Crippen MR) is 95.7 cm³/mol. The first kappa shape index (κ1) is 16.3. The van der Waals surface area contributed by atoms with Gasteiger partial charge in [0.1, 0.15) is 5.67 Å². The predicted octanol–water partition coefficient (Wildman–Crippen LogP) is 4.69. The van der Waals surface area contributed by atoms with E-state index in [2.05, 4.69) is 23.1 Å². The zero-order chi connectivity index (χ0) is 16.4. The third-order valence-electron chi connectivity index (χ3n) is 6.12. The minimum atomic E-state index is -1.20. The van der Waals surface area contributed by atoms with Gasteiger partial charge in [0.05, 0.1) is 0 Å². The summed E-state index contributed by atoms with van der Waals surface area (Å²) in [6, 6.07) is 8.98. The maximum atomic E-state index is 15.0. The topological polar surface area (TPSA) is 12.5 Å². The summed E-state index contributed by atoms with van der Waals surface area (Å²) < 4.78 is 20.2. The number of rotatable bonds is 3. The van der Waals surface area contributed by atoms with E-state index in [9.17, 15) is 4.39 Å². The van der Waals surface area contributed by atoms with Crippen molar-refractivity contribution in [2.75, 3.05) is 26.3 Å². The van der Waals surface area contributed by atoms with E-state index in [-0.39, 0.29) is 0 Å². The molecule has 0 bridgehead atoms. The molecule has 2 aliphatic heterocycles. The van der Waals surface area contributed by atoms with Crippen LogP contribution in [-0.2, 0) is 10.4 Å². The van der Waals surface area contributed by atoms with Gasteiger partial charge in [0, 0.05) is 45.2 Å². The van der Waals surface area contributed by atoms with Crippen LogP contribution in [0.3, 0.4) is 0 Å². The van der Waals surface area contributed by atoms with E-state index in [4.69, 9.17) is 4.74 Å². The van der Waals surface area contributed by atoms with Crippen molar-refractivity contribution in [1.29, 1.82) is 0 Å². The molecule has 0 atom stereocenters. The molecule has 1 aromatic carbocycles. The molecule has 0 radical (unpaired) electrons. The molecule has 2 nitrogen and oxygen atoms in total. The quantitative estimate of drug-likeness (QED) is 0.797. The normalized spacial score (nSPS) is 25.3. The largest absolute Gasteiger partial charge is 0.381 e. The average molecular weight is 329 g/mol. The number of alkyl halides is 1. The van der Waals surface area contributed by atoms with Crippen molar-refractivity contribution in [2.24, 2.45) is 0 Å². The molecule has 1 aromatic rings. The first-order valence-corrected chi connectivity index (χ1v) is 9.54. The summed E-state index contributed by atoms with van der Waals surface area (Å²) in [5.74, 6) is 0. The first-order chi connectivity index (χ1) is 11.7. The summed E-state index contributed by atoms with van der Waals surface area (Å²) in [4.78, 5) is 2.67. The van der Waals surface area contributed by atoms with Crippen LogP contribution in [0.5, 0.6) is 0 Å². The maximum Gasteiger partial charge on any atom is 0.140 e. The van der Waals surface area contributed by atoms with Gasteiger partial charge in [-0.1, -0.05) is 42.3 Å². The SMILES string of the molecule is FC1(c2ccc(C=C3CCN(C4CCC4)CC3)cc2)CCOCC1. The van der Waals surface area contributed by atoms with Crippen LogP contribution in [0.15, 0.2) is 29.8 Å². The second-order valence-corrected chi connectivity index (χ2v) is 7.62. The van der Waals surface area contributed by atoms with Crippen LogP contribution in [0, 0.1) is 0 Å². The Morgan fingerprint density at radius 1 is 1.04 bits per heavy atom. The Kier molecular flexibility index (Phi) is 4.73. The highest BCUT2D eigenvalue weighted by Gasteiger charge is 2.34. The molecule has 1 aliphatic carbocycles. The van der Waals surface area contributed by atoms with E-state index in [0.29, 0.717) is 26.1 Å². The van der Waals surface area contributed by atoms with Gasteiger partial charge in [0.15, 0.2) is 0 Å². The Morgan fingerprint density at radius 2 is 1.71 bits per heavy atom. The smallest absolute Gasteiger partial charge is 0.140 e. The maximum absolute atomic E-state index is 15.0. The summed E-state index contributed by atoms with van der Waals surface area (Å²) in [6.07, 6.45) is 9.85. The van der Waals surface area contributed by atoms with Gasteiger partial charge in [0.25, 0.3) is 0 Å². The molecule has 4 rings (SSSR count). The van der Waals surface area contributed by atoms with Gasteiger partial charge in [-0.05, 0) is 36.8 Å². The Bertz CT molecular complexity index is 574. The number of hydrogen-bond acceptors (Lipinski definition) is 2. The standard InChI is InChI=1S/C21H28FNO/c22-21(10-14-24-15-11-21)19-6-4-17(5-7-19)16-18-8-12-23(13-9-18)20-2-1-3-20/h4-7,16,20H,1-3,8-15H2. The third-order valence-corrected chi connectivity index (χ3v) is 6.12. The Balaban J connectivity index is 1.38. The summed E-state index contributed by atoms with van der Waals surface area (Å²) in [5.41, 5.74) is 2.37. The molecular weight excluding hydrogens is 301 g/mol. The van der Waals surface area contributed by atoms with Crippen LogP contribution in [0.2, 0.25) is 0 Å². The van der Waals surface area contributed by atoms with E-state index in [0.717, 1.165) is 11.6 Å². The molecule has 130 valence electrons. The van der Waals surface area contributed by atoms with Crippen LogP contribution in [0.1, 0.15) is 56.1 Å². The molecule has 0 amide bonds. The van der Waals surface area contributed by atoms with Crippen LogP contribution in [0.25, 0.3) is 6.08 Å². The van der Waals surface area contributed by atoms with Crippen LogP contribution < -0.4 is 0 Å². The van der Waals surface area contributed by atoms with Crippen molar-refractivity contribution in [1.82, 2.24) is 4.90 Å². The first-order valence-electron chi connectivity index (χ1n) is 9.54. The van der Waals surface area contributed by atoms with E-state index < -0.39 is 5.67 Å². The van der Waals surface area contributed by atoms with Gasteiger partial charge in [-0.15, -0.1) is 0 Å². The molecular formula is C21H28FNO. The number of nitrogens with zero attached hydrogens (tertiary/aromatic N) is 1. The fraction of sp³-hybridized carbons (Fsp3) is 0.619. The Labute approximate surface area is 144 Å². The summed E-state index contributed by atoms with van der Waals surface area (Å²) in [5, 5.41) is 0. The van der Waals surface area contributed by atoms with Gasteiger partial charge >= 0.3 is 0 Å². The molecule has 3 heteroatoms. The van der Waals surface area contributed by atoms with E-state index in [1.165, 1.54) is 50.8 Å². The molecule has 0 N–H and O–H groups in total. The molecule has 0 spiro atoms. The molecule has 0 aromatic heterocycles. The van der Waals surface area contributed by atoms with Gasteiger partial charge in [-0.2, -0.15) is 0 Å². The van der Waals surface area contributed by atoms with Gasteiger partial charge < -0.3 is 4.74 Å². The lowest BCUT2D eigenvalue weighted by molar-refractivity contribution is -0.0114.